The molecule has 3 rings (SSSR count). The van der Waals surface area contributed by atoms with Crippen LogP contribution in [0, 0.1) is 10.1 Å². The number of aliphatic hydroxyl groups excluding tert-OH is 1. The van der Waals surface area contributed by atoms with Crippen molar-refractivity contribution in [1.29, 1.82) is 0 Å². The number of likely N-dealkylation sites (tertiary alicyclic amines) is 1. The number of aliphatic hydroxyl groups is 1. The molecule has 0 unspecified atom stereocenters. The number of ether oxygens (including phenoxy) is 2. The van der Waals surface area contributed by atoms with Gasteiger partial charge in [-0.3, -0.25) is 14.9 Å². The first-order valence-corrected chi connectivity index (χ1v) is 9.57. The summed E-state index contributed by atoms with van der Waals surface area (Å²) in [6.07, 6.45) is 2.44. The van der Waals surface area contributed by atoms with Crippen molar-refractivity contribution in [1.82, 2.24) is 4.90 Å². The van der Waals surface area contributed by atoms with Crippen molar-refractivity contribution in [2.24, 2.45) is 0 Å². The number of amides is 1. The van der Waals surface area contributed by atoms with Crippen LogP contribution in [0.15, 0.2) is 54.1 Å². The zero-order valence-corrected chi connectivity index (χ0v) is 16.9. The number of hydrogen-bond donors (Lipinski definition) is 1. The SMILES string of the molecule is C/C=C1/C[C@@H](CO)N(C(=O)c2cc(OC)c(OCc3ccccc3)cc2[N+](=O)[O-])C1. The van der Waals surface area contributed by atoms with Gasteiger partial charge in [0, 0.05) is 12.6 Å². The molecule has 1 N–H and O–H groups in total. The summed E-state index contributed by atoms with van der Waals surface area (Å²) < 4.78 is 11.1. The van der Waals surface area contributed by atoms with Crippen LogP contribution in [0.3, 0.4) is 0 Å². The average molecular weight is 412 g/mol. The molecule has 1 heterocycles. The van der Waals surface area contributed by atoms with E-state index in [1.807, 2.05) is 43.3 Å². The predicted octanol–water partition coefficient (Wildman–Crippen LogP) is 3.34. The first kappa shape index (κ1) is 21.3. The minimum absolute atomic E-state index is 0.0975. The standard InChI is InChI=1S/C22H24N2O6/c1-3-15-9-17(13-25)23(12-15)22(26)18-10-20(29-2)21(11-19(18)24(27)28)30-14-16-7-5-4-6-8-16/h3-8,10-11,17,25H,9,12-14H2,1-2H3/b15-3-/t17-/m0/s1. The number of carbonyl (C=O) groups excluding carboxylic acids is 1. The summed E-state index contributed by atoms with van der Waals surface area (Å²) in [5, 5.41) is 21.4. The Morgan fingerprint density at radius 2 is 2.03 bits per heavy atom. The molecule has 0 aromatic heterocycles. The summed E-state index contributed by atoms with van der Waals surface area (Å²) in [5.41, 5.74) is 1.43. The predicted molar refractivity (Wildman–Crippen MR) is 111 cm³/mol. The number of nitro groups is 1. The van der Waals surface area contributed by atoms with Gasteiger partial charge in [-0.2, -0.15) is 0 Å². The first-order chi connectivity index (χ1) is 14.5. The van der Waals surface area contributed by atoms with Gasteiger partial charge < -0.3 is 19.5 Å². The lowest BCUT2D eigenvalue weighted by molar-refractivity contribution is -0.385. The minimum atomic E-state index is -0.608. The molecule has 0 radical (unpaired) electrons. The Kier molecular flexibility index (Phi) is 6.68. The van der Waals surface area contributed by atoms with Gasteiger partial charge in [-0.05, 0) is 18.9 Å². The van der Waals surface area contributed by atoms with Crippen LogP contribution in [0.2, 0.25) is 0 Å². The number of hydrogen-bond acceptors (Lipinski definition) is 6. The summed E-state index contributed by atoms with van der Waals surface area (Å²) >= 11 is 0. The monoisotopic (exact) mass is 412 g/mol. The smallest absolute Gasteiger partial charge is 0.286 e. The quantitative estimate of drug-likeness (QED) is 0.425. The largest absolute Gasteiger partial charge is 0.493 e. The third kappa shape index (κ3) is 4.44. The lowest BCUT2D eigenvalue weighted by atomic mass is 10.1. The molecule has 0 saturated carbocycles. The number of benzene rings is 2. The lowest BCUT2D eigenvalue weighted by Gasteiger charge is -2.23. The molecule has 1 aliphatic rings. The highest BCUT2D eigenvalue weighted by Crippen LogP contribution is 2.37. The van der Waals surface area contributed by atoms with Gasteiger partial charge in [-0.1, -0.05) is 42.0 Å². The third-order valence-electron chi connectivity index (χ3n) is 5.14. The Balaban J connectivity index is 1.94. The van der Waals surface area contributed by atoms with Gasteiger partial charge in [0.1, 0.15) is 12.2 Å². The molecule has 30 heavy (non-hydrogen) atoms. The van der Waals surface area contributed by atoms with Gasteiger partial charge in [0.2, 0.25) is 0 Å². The molecule has 8 heteroatoms. The van der Waals surface area contributed by atoms with Crippen LogP contribution in [0.1, 0.15) is 29.3 Å². The second-order valence-corrected chi connectivity index (χ2v) is 6.97. The van der Waals surface area contributed by atoms with E-state index in [9.17, 15) is 20.0 Å². The van der Waals surface area contributed by atoms with Crippen LogP contribution >= 0.6 is 0 Å². The van der Waals surface area contributed by atoms with Gasteiger partial charge in [0.15, 0.2) is 11.5 Å². The summed E-state index contributed by atoms with van der Waals surface area (Å²) in [4.78, 5) is 25.7. The Hall–Kier alpha value is -3.39. The Morgan fingerprint density at radius 3 is 2.63 bits per heavy atom. The molecule has 0 aliphatic carbocycles. The maximum absolute atomic E-state index is 13.1. The number of allylic oxidation sites excluding steroid dienone is 1. The molecule has 0 spiro atoms. The van der Waals surface area contributed by atoms with E-state index in [4.69, 9.17) is 9.47 Å². The van der Waals surface area contributed by atoms with Crippen molar-refractivity contribution in [2.75, 3.05) is 20.3 Å². The summed E-state index contributed by atoms with van der Waals surface area (Å²) in [7, 11) is 1.41. The van der Waals surface area contributed by atoms with Crippen LogP contribution in [0.25, 0.3) is 0 Å². The fourth-order valence-corrected chi connectivity index (χ4v) is 3.47. The minimum Gasteiger partial charge on any atom is -0.493 e. The molecule has 158 valence electrons. The first-order valence-electron chi connectivity index (χ1n) is 9.57. The highest BCUT2D eigenvalue weighted by Gasteiger charge is 2.35. The van der Waals surface area contributed by atoms with Gasteiger partial charge in [-0.25, -0.2) is 0 Å². The summed E-state index contributed by atoms with van der Waals surface area (Å²) in [5.74, 6) is -0.115. The Labute approximate surface area is 174 Å². The Morgan fingerprint density at radius 1 is 1.30 bits per heavy atom. The van der Waals surface area contributed by atoms with E-state index in [1.54, 1.807) is 0 Å². The maximum atomic E-state index is 13.1. The van der Waals surface area contributed by atoms with Gasteiger partial charge in [0.25, 0.3) is 11.6 Å². The van der Waals surface area contributed by atoms with E-state index in [2.05, 4.69) is 0 Å². The number of carbonyl (C=O) groups is 1. The lowest BCUT2D eigenvalue weighted by Crippen LogP contribution is -2.38. The molecule has 1 fully saturated rings. The molecular formula is C22H24N2O6. The molecule has 1 aliphatic heterocycles. The molecular weight excluding hydrogens is 388 g/mol. The average Bonchev–Trinajstić information content (AvgIpc) is 3.20. The van der Waals surface area contributed by atoms with E-state index in [0.29, 0.717) is 13.0 Å². The van der Waals surface area contributed by atoms with Crippen LogP contribution in [-0.4, -0.2) is 47.1 Å². The Bertz CT molecular complexity index is 958. The molecule has 1 saturated heterocycles. The van der Waals surface area contributed by atoms with E-state index in [0.717, 1.165) is 11.1 Å². The highest BCUT2D eigenvalue weighted by atomic mass is 16.6. The van der Waals surface area contributed by atoms with E-state index >= 15 is 0 Å². The van der Waals surface area contributed by atoms with Crippen molar-refractivity contribution in [3.05, 3.63) is 75.4 Å². The third-order valence-corrected chi connectivity index (χ3v) is 5.14. The number of nitro benzene ring substituents is 1. The molecule has 2 aromatic rings. The summed E-state index contributed by atoms with van der Waals surface area (Å²) in [6.45, 7) is 2.17. The van der Waals surface area contributed by atoms with Gasteiger partial charge in [0.05, 0.1) is 30.7 Å². The van der Waals surface area contributed by atoms with Crippen molar-refractivity contribution in [3.63, 3.8) is 0 Å². The molecule has 8 nitrogen and oxygen atoms in total. The second kappa shape index (κ2) is 9.41. The normalized spacial score (nSPS) is 17.2. The number of nitrogens with zero attached hydrogens (tertiary/aromatic N) is 2. The zero-order valence-electron chi connectivity index (χ0n) is 16.9. The zero-order chi connectivity index (χ0) is 21.7. The van der Waals surface area contributed by atoms with Crippen LogP contribution in [-0.2, 0) is 6.61 Å². The van der Waals surface area contributed by atoms with Crippen LogP contribution in [0.4, 0.5) is 5.69 Å². The second-order valence-electron chi connectivity index (χ2n) is 6.97. The van der Waals surface area contributed by atoms with Gasteiger partial charge in [-0.15, -0.1) is 0 Å². The van der Waals surface area contributed by atoms with Gasteiger partial charge >= 0.3 is 0 Å². The van der Waals surface area contributed by atoms with E-state index < -0.39 is 16.9 Å². The maximum Gasteiger partial charge on any atom is 0.286 e. The van der Waals surface area contributed by atoms with Crippen LogP contribution in [0.5, 0.6) is 11.5 Å². The van der Waals surface area contributed by atoms with Crippen molar-refractivity contribution >= 4 is 11.6 Å². The van der Waals surface area contributed by atoms with Crippen molar-refractivity contribution in [2.45, 2.75) is 26.0 Å². The van der Waals surface area contributed by atoms with E-state index in [1.165, 1.54) is 24.1 Å². The van der Waals surface area contributed by atoms with E-state index in [-0.39, 0.29) is 36.0 Å². The van der Waals surface area contributed by atoms with Crippen LogP contribution < -0.4 is 9.47 Å². The molecule has 1 atom stereocenters. The number of methoxy groups -OCH3 is 1. The fourth-order valence-electron chi connectivity index (χ4n) is 3.47. The molecule has 2 aromatic carbocycles. The highest BCUT2D eigenvalue weighted by molar-refractivity contribution is 5.99. The fraction of sp³-hybridized carbons (Fsp3) is 0.318. The molecule has 1 amide bonds. The summed E-state index contributed by atoms with van der Waals surface area (Å²) in [6, 6.07) is 11.5. The van der Waals surface area contributed by atoms with Crippen molar-refractivity contribution in [3.8, 4) is 11.5 Å². The molecule has 0 bridgehead atoms. The van der Waals surface area contributed by atoms with Crippen molar-refractivity contribution < 1.29 is 24.3 Å². The number of rotatable bonds is 7. The topological polar surface area (TPSA) is 102 Å².